The number of rotatable bonds is 11. The van der Waals surface area contributed by atoms with Gasteiger partial charge in [-0.2, -0.15) is 0 Å². The molecular weight excluding hydrogens is 392 g/mol. The van der Waals surface area contributed by atoms with E-state index in [1.54, 1.807) is 0 Å². The highest BCUT2D eigenvalue weighted by Crippen LogP contribution is 2.06. The molecule has 156 valence electrons. The molecule has 0 aliphatic heterocycles. The summed E-state index contributed by atoms with van der Waals surface area (Å²) in [4.78, 5) is 24.7. The van der Waals surface area contributed by atoms with Crippen molar-refractivity contribution in [3.8, 4) is 0 Å². The number of Topliss-reactive ketones (excluding diaryl/α,β-unsaturated/α-hetero) is 1. The molecule has 0 aromatic heterocycles. The van der Waals surface area contributed by atoms with Crippen LogP contribution in [0.5, 0.6) is 0 Å². The van der Waals surface area contributed by atoms with Gasteiger partial charge in [0.2, 0.25) is 15.9 Å². The molecule has 0 spiro atoms. The topological polar surface area (TPSA) is 102 Å². The highest BCUT2D eigenvalue weighted by atomic mass is 32.2. The van der Waals surface area contributed by atoms with Crippen LogP contribution >= 0.6 is 0 Å². The van der Waals surface area contributed by atoms with Gasteiger partial charge in [-0.05, 0) is 24.5 Å². The molecule has 2 N–H and O–H groups in total. The van der Waals surface area contributed by atoms with Crippen LogP contribution in [0.4, 0.5) is 0 Å². The van der Waals surface area contributed by atoms with Gasteiger partial charge in [-0.25, -0.2) is 13.1 Å². The summed E-state index contributed by atoms with van der Waals surface area (Å²) >= 11 is 0. The molecule has 0 unspecified atom stereocenters. The number of benzene rings is 2. The van der Waals surface area contributed by atoms with Gasteiger partial charge in [0.05, 0.1) is 25.5 Å². The number of sulfonamides is 1. The molecule has 0 saturated carbocycles. The number of carbonyl (C=O) groups is 2. The number of ketones is 1. The molecule has 29 heavy (non-hydrogen) atoms. The highest BCUT2D eigenvalue weighted by molar-refractivity contribution is 7.88. The van der Waals surface area contributed by atoms with Crippen molar-refractivity contribution in [2.24, 2.45) is 0 Å². The van der Waals surface area contributed by atoms with Crippen LogP contribution in [0.2, 0.25) is 0 Å². The van der Waals surface area contributed by atoms with Gasteiger partial charge in [-0.3, -0.25) is 9.59 Å². The van der Waals surface area contributed by atoms with Crippen molar-refractivity contribution in [2.45, 2.75) is 32.0 Å². The third kappa shape index (κ3) is 8.55. The Bertz CT molecular complexity index is 901. The summed E-state index contributed by atoms with van der Waals surface area (Å²) in [6.45, 7) is 1.46. The van der Waals surface area contributed by atoms with E-state index in [4.69, 9.17) is 4.74 Å². The zero-order chi connectivity index (χ0) is 21.3. The predicted molar refractivity (Wildman–Crippen MR) is 111 cm³/mol. The number of ether oxygens (including phenoxy) is 1. The Kier molecular flexibility index (Phi) is 8.50. The summed E-state index contributed by atoms with van der Waals surface area (Å²) in [5, 5.41) is 2.64. The van der Waals surface area contributed by atoms with E-state index >= 15 is 0 Å². The summed E-state index contributed by atoms with van der Waals surface area (Å²) < 4.78 is 31.2. The molecule has 8 heteroatoms. The Hall–Kier alpha value is -2.55. The fraction of sp³-hybridized carbons (Fsp3) is 0.333. The number of amides is 1. The van der Waals surface area contributed by atoms with Gasteiger partial charge in [0, 0.05) is 0 Å². The second-order valence-corrected chi connectivity index (χ2v) is 8.58. The predicted octanol–water partition coefficient (Wildman–Crippen LogP) is 1.44. The number of hydrogen-bond donors (Lipinski definition) is 2. The van der Waals surface area contributed by atoms with Gasteiger partial charge >= 0.3 is 0 Å². The SMILES string of the molecule is CC(=O)[C@H](Cc1ccccc1)NC(=O)[C@@H](COCc1ccccc1)NS(C)(=O)=O. The molecule has 2 aromatic carbocycles. The normalized spacial score (nSPS) is 13.4. The molecular formula is C21H26N2O5S. The molecule has 2 aromatic rings. The first kappa shape index (κ1) is 22.7. The van der Waals surface area contributed by atoms with E-state index in [0.29, 0.717) is 6.42 Å². The van der Waals surface area contributed by atoms with Crippen LogP contribution < -0.4 is 10.0 Å². The summed E-state index contributed by atoms with van der Waals surface area (Å²) in [5.41, 5.74) is 1.79. The molecule has 1 amide bonds. The van der Waals surface area contributed by atoms with E-state index in [9.17, 15) is 18.0 Å². The third-order valence-corrected chi connectivity index (χ3v) is 4.87. The molecule has 0 heterocycles. The Balaban J connectivity index is 2.03. The standard InChI is InChI=1S/C21H26N2O5S/c1-16(24)19(13-17-9-5-3-6-10-17)22-21(25)20(23-29(2,26)27)15-28-14-18-11-7-4-8-12-18/h3-12,19-20,23H,13-15H2,1-2H3,(H,22,25)/t19-,20+/m0/s1. The highest BCUT2D eigenvalue weighted by Gasteiger charge is 2.26. The first-order chi connectivity index (χ1) is 13.7. The molecule has 0 bridgehead atoms. The number of carbonyl (C=O) groups excluding carboxylic acids is 2. The molecule has 0 aliphatic carbocycles. The lowest BCUT2D eigenvalue weighted by atomic mass is 10.0. The lowest BCUT2D eigenvalue weighted by Gasteiger charge is -2.21. The summed E-state index contributed by atoms with van der Waals surface area (Å²) in [7, 11) is -3.65. The quantitative estimate of drug-likeness (QED) is 0.575. The van der Waals surface area contributed by atoms with Gasteiger partial charge in [0.25, 0.3) is 0 Å². The van der Waals surface area contributed by atoms with Gasteiger partial charge in [-0.15, -0.1) is 0 Å². The van der Waals surface area contributed by atoms with Crippen LogP contribution in [0.25, 0.3) is 0 Å². The second-order valence-electron chi connectivity index (χ2n) is 6.80. The smallest absolute Gasteiger partial charge is 0.241 e. The van der Waals surface area contributed by atoms with Gasteiger partial charge in [0.15, 0.2) is 5.78 Å². The maximum Gasteiger partial charge on any atom is 0.241 e. The lowest BCUT2D eigenvalue weighted by Crippen LogP contribution is -2.53. The van der Waals surface area contributed by atoms with Crippen molar-refractivity contribution in [2.75, 3.05) is 12.9 Å². The fourth-order valence-electron chi connectivity index (χ4n) is 2.71. The van der Waals surface area contributed by atoms with E-state index in [1.807, 2.05) is 60.7 Å². The van der Waals surface area contributed by atoms with Crippen molar-refractivity contribution in [1.29, 1.82) is 0 Å². The van der Waals surface area contributed by atoms with Gasteiger partial charge in [0.1, 0.15) is 6.04 Å². The summed E-state index contributed by atoms with van der Waals surface area (Å²) in [6, 6.07) is 16.7. The van der Waals surface area contributed by atoms with Crippen LogP contribution in [0.15, 0.2) is 60.7 Å². The lowest BCUT2D eigenvalue weighted by molar-refractivity contribution is -0.129. The first-order valence-electron chi connectivity index (χ1n) is 9.18. The van der Waals surface area contributed by atoms with Crippen LogP contribution in [-0.4, -0.2) is 45.1 Å². The van der Waals surface area contributed by atoms with Crippen molar-refractivity contribution in [3.63, 3.8) is 0 Å². The zero-order valence-corrected chi connectivity index (χ0v) is 17.3. The first-order valence-corrected chi connectivity index (χ1v) is 11.1. The monoisotopic (exact) mass is 418 g/mol. The van der Waals surface area contributed by atoms with Gasteiger partial charge < -0.3 is 10.1 Å². The van der Waals surface area contributed by atoms with Crippen LogP contribution in [0.3, 0.4) is 0 Å². The third-order valence-electron chi connectivity index (χ3n) is 4.16. The van der Waals surface area contributed by atoms with E-state index in [2.05, 4.69) is 10.0 Å². The zero-order valence-electron chi connectivity index (χ0n) is 16.5. The largest absolute Gasteiger partial charge is 0.375 e. The Morgan fingerprint density at radius 3 is 2.00 bits per heavy atom. The van der Waals surface area contributed by atoms with Crippen LogP contribution in [0, 0.1) is 0 Å². The average Bonchev–Trinajstić information content (AvgIpc) is 2.67. The van der Waals surface area contributed by atoms with E-state index in [0.717, 1.165) is 17.4 Å². The maximum absolute atomic E-state index is 12.7. The summed E-state index contributed by atoms with van der Waals surface area (Å²) in [6.07, 6.45) is 1.29. The van der Waals surface area contributed by atoms with E-state index in [-0.39, 0.29) is 19.0 Å². The van der Waals surface area contributed by atoms with Crippen molar-refractivity contribution >= 4 is 21.7 Å². The molecule has 7 nitrogen and oxygen atoms in total. The van der Waals surface area contributed by atoms with Crippen molar-refractivity contribution in [1.82, 2.24) is 10.0 Å². The molecule has 2 rings (SSSR count). The summed E-state index contributed by atoms with van der Waals surface area (Å²) in [5.74, 6) is -0.829. The number of hydrogen-bond acceptors (Lipinski definition) is 5. The fourth-order valence-corrected chi connectivity index (χ4v) is 3.40. The van der Waals surface area contributed by atoms with Gasteiger partial charge in [-0.1, -0.05) is 60.7 Å². The minimum absolute atomic E-state index is 0.163. The Morgan fingerprint density at radius 1 is 0.931 bits per heavy atom. The van der Waals surface area contributed by atoms with Crippen LogP contribution in [0.1, 0.15) is 18.1 Å². The molecule has 0 aliphatic rings. The Morgan fingerprint density at radius 2 is 1.48 bits per heavy atom. The molecule has 0 radical (unpaired) electrons. The molecule has 2 atom stereocenters. The average molecular weight is 419 g/mol. The van der Waals surface area contributed by atoms with E-state index < -0.39 is 28.0 Å². The van der Waals surface area contributed by atoms with E-state index in [1.165, 1.54) is 6.92 Å². The minimum Gasteiger partial charge on any atom is -0.375 e. The molecule has 0 saturated heterocycles. The van der Waals surface area contributed by atoms with Crippen molar-refractivity contribution in [3.05, 3.63) is 71.8 Å². The van der Waals surface area contributed by atoms with Crippen molar-refractivity contribution < 1.29 is 22.7 Å². The minimum atomic E-state index is -3.65. The Labute approximate surface area is 171 Å². The number of nitrogens with one attached hydrogen (secondary N) is 2. The second kappa shape index (κ2) is 10.8. The van der Waals surface area contributed by atoms with Crippen LogP contribution in [-0.2, 0) is 37.4 Å². The maximum atomic E-state index is 12.7. The molecule has 0 fully saturated rings.